The van der Waals surface area contributed by atoms with Crippen molar-refractivity contribution in [2.24, 2.45) is 0 Å². The van der Waals surface area contributed by atoms with Crippen LogP contribution >= 0.6 is 11.6 Å². The van der Waals surface area contributed by atoms with E-state index in [-0.39, 0.29) is 0 Å². The predicted octanol–water partition coefficient (Wildman–Crippen LogP) is 4.90. The smallest absolute Gasteiger partial charge is 0.0659 e. The average molecular weight is 301 g/mol. The van der Waals surface area contributed by atoms with E-state index in [1.807, 2.05) is 31.1 Å². The molecule has 0 aliphatic heterocycles. The Labute approximate surface area is 131 Å². The highest BCUT2D eigenvalue weighted by atomic mass is 35.5. The molecule has 1 N–H and O–H groups in total. The molecule has 21 heavy (non-hydrogen) atoms. The van der Waals surface area contributed by atoms with Crippen LogP contribution in [0.3, 0.4) is 0 Å². The van der Waals surface area contributed by atoms with Gasteiger partial charge in [-0.2, -0.15) is 0 Å². The maximum atomic E-state index is 6.29. The lowest BCUT2D eigenvalue weighted by atomic mass is 10.1. The van der Waals surface area contributed by atoms with Gasteiger partial charge in [-0.1, -0.05) is 35.9 Å². The lowest BCUT2D eigenvalue weighted by Crippen LogP contribution is -2.09. The standard InChI is InChI=1S/C18H21ClN2/c1-21(2)18-10-9-16(11-17(18)19)20-12-13-3-5-14(6-4-13)15-7-8-15/h3-6,9-11,15,20H,7-8,12H2,1-2H3. The third kappa shape index (κ3) is 3.51. The topological polar surface area (TPSA) is 15.3 Å². The fourth-order valence-corrected chi connectivity index (χ4v) is 2.86. The van der Waals surface area contributed by atoms with Crippen LogP contribution in [0.2, 0.25) is 5.02 Å². The number of halogens is 1. The highest BCUT2D eigenvalue weighted by Gasteiger charge is 2.22. The number of benzene rings is 2. The molecular weight excluding hydrogens is 280 g/mol. The summed E-state index contributed by atoms with van der Waals surface area (Å²) in [7, 11) is 3.99. The predicted molar refractivity (Wildman–Crippen MR) is 91.5 cm³/mol. The van der Waals surface area contributed by atoms with E-state index in [1.54, 1.807) is 0 Å². The van der Waals surface area contributed by atoms with Gasteiger partial charge in [0.15, 0.2) is 0 Å². The lowest BCUT2D eigenvalue weighted by molar-refractivity contribution is 1.10. The first kappa shape index (κ1) is 14.3. The molecule has 0 atom stereocenters. The van der Waals surface area contributed by atoms with Crippen LogP contribution in [0.25, 0.3) is 0 Å². The molecule has 0 bridgehead atoms. The van der Waals surface area contributed by atoms with Crippen LogP contribution < -0.4 is 10.2 Å². The minimum atomic E-state index is 0.772. The molecule has 0 radical (unpaired) electrons. The van der Waals surface area contributed by atoms with Crippen LogP contribution in [0.1, 0.15) is 29.9 Å². The highest BCUT2D eigenvalue weighted by molar-refractivity contribution is 6.33. The van der Waals surface area contributed by atoms with E-state index >= 15 is 0 Å². The number of nitrogens with zero attached hydrogens (tertiary/aromatic N) is 1. The molecule has 0 spiro atoms. The van der Waals surface area contributed by atoms with E-state index in [0.717, 1.165) is 28.9 Å². The molecule has 0 amide bonds. The molecule has 2 nitrogen and oxygen atoms in total. The van der Waals surface area contributed by atoms with E-state index in [2.05, 4.69) is 35.6 Å². The molecule has 1 fully saturated rings. The van der Waals surface area contributed by atoms with Crippen molar-refractivity contribution < 1.29 is 0 Å². The van der Waals surface area contributed by atoms with Gasteiger partial charge in [-0.15, -0.1) is 0 Å². The summed E-state index contributed by atoms with van der Waals surface area (Å²) in [5.74, 6) is 0.824. The van der Waals surface area contributed by atoms with Gasteiger partial charge in [-0.05, 0) is 48.1 Å². The Morgan fingerprint density at radius 3 is 2.38 bits per heavy atom. The molecule has 3 rings (SSSR count). The number of nitrogens with one attached hydrogen (secondary N) is 1. The Hall–Kier alpha value is -1.67. The average Bonchev–Trinajstić information content (AvgIpc) is 3.30. The van der Waals surface area contributed by atoms with Gasteiger partial charge in [0, 0.05) is 26.3 Å². The molecule has 2 aromatic carbocycles. The van der Waals surface area contributed by atoms with Crippen molar-refractivity contribution in [3.05, 3.63) is 58.6 Å². The summed E-state index contributed by atoms with van der Waals surface area (Å²) in [5.41, 5.74) is 4.87. The van der Waals surface area contributed by atoms with Crippen molar-refractivity contribution in [1.29, 1.82) is 0 Å². The second-order valence-corrected chi connectivity index (χ2v) is 6.34. The summed E-state index contributed by atoms with van der Waals surface area (Å²) < 4.78 is 0. The Bertz CT molecular complexity index is 616. The second-order valence-electron chi connectivity index (χ2n) is 5.93. The van der Waals surface area contributed by atoms with E-state index in [0.29, 0.717) is 0 Å². The minimum Gasteiger partial charge on any atom is -0.381 e. The third-order valence-corrected chi connectivity index (χ3v) is 4.26. The van der Waals surface area contributed by atoms with Gasteiger partial charge >= 0.3 is 0 Å². The fourth-order valence-electron chi connectivity index (χ4n) is 2.51. The zero-order valence-electron chi connectivity index (χ0n) is 12.6. The van der Waals surface area contributed by atoms with Gasteiger partial charge in [-0.3, -0.25) is 0 Å². The molecule has 1 saturated carbocycles. The van der Waals surface area contributed by atoms with Crippen molar-refractivity contribution in [3.8, 4) is 0 Å². The molecule has 0 saturated heterocycles. The molecule has 1 aliphatic rings. The molecular formula is C18H21ClN2. The molecule has 0 aromatic heterocycles. The first-order valence-corrected chi connectivity index (χ1v) is 7.81. The van der Waals surface area contributed by atoms with Crippen LogP contribution in [0, 0.1) is 0 Å². The summed E-state index contributed by atoms with van der Waals surface area (Å²) in [6, 6.07) is 15.1. The summed E-state index contributed by atoms with van der Waals surface area (Å²) in [5, 5.41) is 4.20. The van der Waals surface area contributed by atoms with Crippen molar-refractivity contribution in [2.45, 2.75) is 25.3 Å². The number of hydrogen-bond donors (Lipinski definition) is 1. The molecule has 3 heteroatoms. The molecule has 110 valence electrons. The molecule has 1 aliphatic carbocycles. The van der Waals surface area contributed by atoms with Gasteiger partial charge in [0.2, 0.25) is 0 Å². The third-order valence-electron chi connectivity index (χ3n) is 3.95. The Morgan fingerprint density at radius 1 is 1.10 bits per heavy atom. The van der Waals surface area contributed by atoms with Crippen molar-refractivity contribution in [1.82, 2.24) is 0 Å². The van der Waals surface area contributed by atoms with Crippen molar-refractivity contribution in [3.63, 3.8) is 0 Å². The summed E-state index contributed by atoms with van der Waals surface area (Å²) in [6.07, 6.45) is 2.71. The quantitative estimate of drug-likeness (QED) is 0.845. The number of rotatable bonds is 5. The van der Waals surface area contributed by atoms with Crippen molar-refractivity contribution >= 4 is 23.0 Å². The van der Waals surface area contributed by atoms with E-state index in [4.69, 9.17) is 11.6 Å². The normalized spacial score (nSPS) is 14.0. The Balaban J connectivity index is 1.62. The fraction of sp³-hybridized carbons (Fsp3) is 0.333. The van der Waals surface area contributed by atoms with Crippen LogP contribution in [0.4, 0.5) is 11.4 Å². The van der Waals surface area contributed by atoms with Crippen LogP contribution in [-0.4, -0.2) is 14.1 Å². The summed E-state index contributed by atoms with van der Waals surface area (Å²) in [6.45, 7) is 0.822. The van der Waals surface area contributed by atoms with Gasteiger partial charge < -0.3 is 10.2 Å². The van der Waals surface area contributed by atoms with E-state index < -0.39 is 0 Å². The molecule has 0 unspecified atom stereocenters. The Kier molecular flexibility index (Phi) is 4.07. The maximum absolute atomic E-state index is 6.29. The number of anilines is 2. The molecule has 0 heterocycles. The summed E-state index contributed by atoms with van der Waals surface area (Å²) >= 11 is 6.29. The lowest BCUT2D eigenvalue weighted by Gasteiger charge is -2.15. The number of hydrogen-bond acceptors (Lipinski definition) is 2. The van der Waals surface area contributed by atoms with Crippen LogP contribution in [0.15, 0.2) is 42.5 Å². The van der Waals surface area contributed by atoms with Gasteiger partial charge in [0.05, 0.1) is 10.7 Å². The van der Waals surface area contributed by atoms with Gasteiger partial charge in [0.25, 0.3) is 0 Å². The Morgan fingerprint density at radius 2 is 1.81 bits per heavy atom. The van der Waals surface area contributed by atoms with Crippen LogP contribution in [0.5, 0.6) is 0 Å². The van der Waals surface area contributed by atoms with Gasteiger partial charge in [0.1, 0.15) is 0 Å². The SMILES string of the molecule is CN(C)c1ccc(NCc2ccc(C3CC3)cc2)cc1Cl. The van der Waals surface area contributed by atoms with Gasteiger partial charge in [-0.25, -0.2) is 0 Å². The first-order valence-electron chi connectivity index (χ1n) is 7.43. The minimum absolute atomic E-state index is 0.772. The van der Waals surface area contributed by atoms with Crippen molar-refractivity contribution in [2.75, 3.05) is 24.3 Å². The monoisotopic (exact) mass is 300 g/mol. The molecule has 2 aromatic rings. The largest absolute Gasteiger partial charge is 0.381 e. The summed E-state index contributed by atoms with van der Waals surface area (Å²) in [4.78, 5) is 2.02. The highest BCUT2D eigenvalue weighted by Crippen LogP contribution is 2.39. The zero-order chi connectivity index (χ0) is 14.8. The maximum Gasteiger partial charge on any atom is 0.0659 e. The van der Waals surface area contributed by atoms with E-state index in [9.17, 15) is 0 Å². The first-order chi connectivity index (χ1) is 10.1. The second kappa shape index (κ2) is 5.98. The van der Waals surface area contributed by atoms with Crippen LogP contribution in [-0.2, 0) is 6.54 Å². The van der Waals surface area contributed by atoms with E-state index in [1.165, 1.54) is 24.0 Å². The zero-order valence-corrected chi connectivity index (χ0v) is 13.3.